The molecule has 2 amide bonds. The largest absolute Gasteiger partial charge is 0.494 e. The molecule has 0 fully saturated rings. The number of hydrogen-bond acceptors (Lipinski definition) is 5. The van der Waals surface area contributed by atoms with Crippen molar-refractivity contribution in [2.75, 3.05) is 24.0 Å². The van der Waals surface area contributed by atoms with Crippen molar-refractivity contribution in [2.24, 2.45) is 0 Å². The summed E-state index contributed by atoms with van der Waals surface area (Å²) in [5.74, 6) is -1.09. The van der Waals surface area contributed by atoms with E-state index in [1.54, 1.807) is 31.2 Å². The van der Waals surface area contributed by atoms with Gasteiger partial charge in [0.25, 0.3) is 10.0 Å². The van der Waals surface area contributed by atoms with Crippen molar-refractivity contribution in [2.45, 2.75) is 37.8 Å². The zero-order chi connectivity index (χ0) is 32.4. The monoisotopic (exact) mass is 651 g/mol. The number of sulfonamides is 1. The molecule has 0 radical (unpaired) electrons. The molecule has 0 saturated carbocycles. The first-order valence-corrected chi connectivity index (χ1v) is 16.3. The van der Waals surface area contributed by atoms with Gasteiger partial charge >= 0.3 is 0 Å². The third-order valence-corrected chi connectivity index (χ3v) is 9.04. The molecule has 0 spiro atoms. The first-order valence-electron chi connectivity index (χ1n) is 14.5. The minimum Gasteiger partial charge on any atom is -0.494 e. The third-order valence-electron chi connectivity index (χ3n) is 7.00. The molecule has 0 aliphatic heterocycles. The van der Waals surface area contributed by atoms with Gasteiger partial charge in [0.05, 0.1) is 17.2 Å². The van der Waals surface area contributed by atoms with Crippen LogP contribution in [0.3, 0.4) is 0 Å². The number of carbonyl (C=O) groups is 2. The number of nitrogens with zero attached hydrogens (tertiary/aromatic N) is 2. The number of anilines is 1. The van der Waals surface area contributed by atoms with Crippen LogP contribution < -0.4 is 14.4 Å². The van der Waals surface area contributed by atoms with Crippen LogP contribution in [0.15, 0.2) is 108 Å². The van der Waals surface area contributed by atoms with Crippen LogP contribution >= 0.6 is 11.6 Å². The van der Waals surface area contributed by atoms with Gasteiger partial charge in [0.1, 0.15) is 24.2 Å². The fourth-order valence-electron chi connectivity index (χ4n) is 4.77. The second-order valence-corrected chi connectivity index (χ2v) is 12.4. The lowest BCUT2D eigenvalue weighted by Gasteiger charge is -2.33. The molecule has 0 aliphatic carbocycles. The maximum Gasteiger partial charge on any atom is 0.264 e. The summed E-state index contributed by atoms with van der Waals surface area (Å²) in [6.07, 6.45) is 0.189. The maximum absolute atomic E-state index is 14.3. The van der Waals surface area contributed by atoms with Crippen LogP contribution in [0.2, 0.25) is 5.02 Å². The maximum atomic E-state index is 14.3. The average Bonchev–Trinajstić information content (AvgIpc) is 3.04. The average molecular weight is 652 g/mol. The van der Waals surface area contributed by atoms with E-state index in [-0.39, 0.29) is 29.5 Å². The minimum absolute atomic E-state index is 0.00496. The van der Waals surface area contributed by atoms with E-state index in [2.05, 4.69) is 5.32 Å². The van der Waals surface area contributed by atoms with Crippen LogP contribution in [0, 0.1) is 5.82 Å². The molecule has 0 saturated heterocycles. The Morgan fingerprint density at radius 2 is 1.51 bits per heavy atom. The van der Waals surface area contributed by atoms with Crippen molar-refractivity contribution < 1.29 is 27.1 Å². The Bertz CT molecular complexity index is 1670. The van der Waals surface area contributed by atoms with Gasteiger partial charge in [-0.25, -0.2) is 12.8 Å². The molecule has 45 heavy (non-hydrogen) atoms. The minimum atomic E-state index is -4.33. The molecule has 4 aromatic rings. The van der Waals surface area contributed by atoms with Gasteiger partial charge in [-0.15, -0.1) is 0 Å². The Hall–Kier alpha value is -4.41. The van der Waals surface area contributed by atoms with E-state index < -0.39 is 34.3 Å². The van der Waals surface area contributed by atoms with Crippen LogP contribution in [0.4, 0.5) is 10.1 Å². The molecule has 1 N–H and O–H groups in total. The summed E-state index contributed by atoms with van der Waals surface area (Å²) in [6, 6.07) is 25.8. The fraction of sp³-hybridized carbons (Fsp3) is 0.235. The van der Waals surface area contributed by atoms with Gasteiger partial charge in [-0.05, 0) is 85.6 Å². The molecule has 11 heteroatoms. The van der Waals surface area contributed by atoms with Crippen LogP contribution in [0.25, 0.3) is 0 Å². The van der Waals surface area contributed by atoms with Crippen LogP contribution in [-0.4, -0.2) is 50.9 Å². The molecule has 0 aromatic heterocycles. The summed E-state index contributed by atoms with van der Waals surface area (Å²) in [6.45, 7) is 3.68. The van der Waals surface area contributed by atoms with Crippen LogP contribution in [-0.2, 0) is 32.6 Å². The van der Waals surface area contributed by atoms with E-state index in [1.807, 2.05) is 37.3 Å². The van der Waals surface area contributed by atoms with Gasteiger partial charge in [-0.1, -0.05) is 54.1 Å². The van der Waals surface area contributed by atoms with Crippen LogP contribution in [0.1, 0.15) is 25.0 Å². The smallest absolute Gasteiger partial charge is 0.264 e. The molecule has 0 bridgehead atoms. The lowest BCUT2D eigenvalue weighted by atomic mass is 10.0. The van der Waals surface area contributed by atoms with E-state index >= 15 is 0 Å². The number of nitrogens with one attached hydrogen (secondary N) is 1. The SMILES string of the molecule is CCNC(=O)C(Cc1ccccc1)N(Cc1ccc(Cl)cc1)C(=O)CN(c1ccc(F)cc1)S(=O)(=O)c1ccc(OCC)cc1. The standard InChI is InChI=1S/C34H35ClFN3O5S/c1-3-37-34(41)32(22-25-8-6-5-7-9-25)38(23-26-10-12-27(35)13-11-26)33(40)24-39(29-16-14-28(36)15-17-29)45(42,43)31-20-18-30(19-21-31)44-4-2/h5-21,32H,3-4,22-24H2,1-2H3,(H,37,41). The van der Waals surface area contributed by atoms with Gasteiger partial charge in [-0.2, -0.15) is 0 Å². The Labute approximate surface area is 268 Å². The summed E-state index contributed by atoms with van der Waals surface area (Å²) in [7, 11) is -4.33. The summed E-state index contributed by atoms with van der Waals surface area (Å²) >= 11 is 6.10. The number of rotatable bonds is 14. The normalized spacial score (nSPS) is 11.8. The topological polar surface area (TPSA) is 96.0 Å². The quantitative estimate of drug-likeness (QED) is 0.185. The molecular formula is C34H35ClFN3O5S. The molecule has 0 heterocycles. The highest BCUT2D eigenvalue weighted by atomic mass is 35.5. The highest BCUT2D eigenvalue weighted by Gasteiger charge is 2.34. The first kappa shape index (κ1) is 33.5. The lowest BCUT2D eigenvalue weighted by molar-refractivity contribution is -0.140. The van der Waals surface area contributed by atoms with E-state index in [4.69, 9.17) is 16.3 Å². The Kier molecular flexibility index (Phi) is 11.6. The third kappa shape index (κ3) is 8.83. The molecule has 236 valence electrons. The van der Waals surface area contributed by atoms with Crippen molar-refractivity contribution in [1.29, 1.82) is 0 Å². The Morgan fingerprint density at radius 3 is 2.11 bits per heavy atom. The predicted octanol–water partition coefficient (Wildman–Crippen LogP) is 5.85. The van der Waals surface area contributed by atoms with Crippen molar-refractivity contribution in [3.8, 4) is 5.75 Å². The number of carbonyl (C=O) groups excluding carboxylic acids is 2. The summed E-state index contributed by atoms with van der Waals surface area (Å²) in [5, 5.41) is 3.32. The number of benzene rings is 4. The Morgan fingerprint density at radius 1 is 0.867 bits per heavy atom. The van der Waals surface area contributed by atoms with Gasteiger partial charge in [0, 0.05) is 24.5 Å². The van der Waals surface area contributed by atoms with E-state index in [0.29, 0.717) is 29.5 Å². The highest BCUT2D eigenvalue weighted by Crippen LogP contribution is 2.27. The number of halogens is 2. The van der Waals surface area contributed by atoms with E-state index in [9.17, 15) is 22.4 Å². The second kappa shape index (κ2) is 15.5. The van der Waals surface area contributed by atoms with Crippen molar-refractivity contribution >= 4 is 39.1 Å². The van der Waals surface area contributed by atoms with Gasteiger partial charge in [0.15, 0.2) is 0 Å². The number of ether oxygens (including phenoxy) is 1. The van der Waals surface area contributed by atoms with Crippen molar-refractivity contribution in [3.05, 3.63) is 125 Å². The predicted molar refractivity (Wildman–Crippen MR) is 173 cm³/mol. The molecule has 8 nitrogen and oxygen atoms in total. The zero-order valence-corrected chi connectivity index (χ0v) is 26.6. The summed E-state index contributed by atoms with van der Waals surface area (Å²) < 4.78 is 48.4. The number of hydrogen-bond donors (Lipinski definition) is 1. The highest BCUT2D eigenvalue weighted by molar-refractivity contribution is 7.92. The Balaban J connectivity index is 1.77. The van der Waals surface area contributed by atoms with E-state index in [0.717, 1.165) is 22.0 Å². The molecule has 4 rings (SSSR count). The van der Waals surface area contributed by atoms with Crippen molar-refractivity contribution in [3.63, 3.8) is 0 Å². The van der Waals surface area contributed by atoms with E-state index in [1.165, 1.54) is 41.3 Å². The second-order valence-electron chi connectivity index (χ2n) is 10.1. The molecule has 0 aliphatic rings. The van der Waals surface area contributed by atoms with Gasteiger partial charge < -0.3 is 15.0 Å². The van der Waals surface area contributed by atoms with Crippen molar-refractivity contribution in [1.82, 2.24) is 10.2 Å². The van der Waals surface area contributed by atoms with Crippen LogP contribution in [0.5, 0.6) is 5.75 Å². The lowest BCUT2D eigenvalue weighted by Crippen LogP contribution is -2.53. The molecule has 1 unspecified atom stereocenters. The summed E-state index contributed by atoms with van der Waals surface area (Å²) in [4.78, 5) is 29.2. The van der Waals surface area contributed by atoms with Gasteiger partial charge in [-0.3, -0.25) is 13.9 Å². The zero-order valence-electron chi connectivity index (χ0n) is 25.0. The molecular weight excluding hydrogens is 617 g/mol. The van der Waals surface area contributed by atoms with Gasteiger partial charge in [0.2, 0.25) is 11.8 Å². The molecule has 1 atom stereocenters. The number of likely N-dealkylation sites (N-methyl/N-ethyl adjacent to an activating group) is 1. The molecule has 4 aromatic carbocycles. The summed E-state index contributed by atoms with van der Waals surface area (Å²) in [5.41, 5.74) is 1.60. The fourth-order valence-corrected chi connectivity index (χ4v) is 6.31. The first-order chi connectivity index (χ1) is 21.6. The number of amides is 2.